The van der Waals surface area contributed by atoms with Crippen LogP contribution < -0.4 is 20.1 Å². The maximum absolute atomic E-state index is 12.5. The first-order valence-corrected chi connectivity index (χ1v) is 14.9. The molecule has 0 saturated carbocycles. The number of sulfonamides is 2. The molecule has 0 aliphatic carbocycles. The standard InChI is InChI=1S/C19H22I2N4O6S2/c1-11-8-17(15(21)10-13(11)18(26)23-32(3,28)29)25(2)6-7-33(30,31)24-19(27)14-9-12(20)4-5-16(14)22/h4-5,8-10H,6-7,22H2,1-3H3,(H,23,26)(H,24,27). The molecule has 0 fully saturated rings. The van der Waals surface area contributed by atoms with Gasteiger partial charge in [0.25, 0.3) is 11.8 Å². The number of nitrogens with zero attached hydrogens (tertiary/aromatic N) is 1. The van der Waals surface area contributed by atoms with Gasteiger partial charge in [-0.3, -0.25) is 9.59 Å². The first kappa shape index (κ1) is 27.6. The Balaban J connectivity index is 2.12. The molecule has 0 aromatic heterocycles. The van der Waals surface area contributed by atoms with Crippen molar-refractivity contribution in [3.8, 4) is 0 Å². The summed E-state index contributed by atoms with van der Waals surface area (Å²) in [5, 5.41) is 0. The van der Waals surface area contributed by atoms with Crippen molar-refractivity contribution in [2.24, 2.45) is 0 Å². The van der Waals surface area contributed by atoms with Crippen molar-refractivity contribution < 1.29 is 26.4 Å². The molecule has 33 heavy (non-hydrogen) atoms. The first-order chi connectivity index (χ1) is 15.1. The molecule has 0 aliphatic rings. The van der Waals surface area contributed by atoms with E-state index in [-0.39, 0.29) is 29.1 Å². The number of hydrogen-bond acceptors (Lipinski definition) is 8. The topological polar surface area (TPSA) is 156 Å². The summed E-state index contributed by atoms with van der Waals surface area (Å²) < 4.78 is 52.9. The van der Waals surface area contributed by atoms with E-state index >= 15 is 0 Å². The zero-order valence-corrected chi connectivity index (χ0v) is 23.8. The maximum atomic E-state index is 12.5. The van der Waals surface area contributed by atoms with Crippen molar-refractivity contribution in [2.45, 2.75) is 6.92 Å². The Labute approximate surface area is 220 Å². The minimum Gasteiger partial charge on any atom is -0.398 e. The largest absolute Gasteiger partial charge is 0.398 e. The molecule has 2 rings (SSSR count). The van der Waals surface area contributed by atoms with Crippen LogP contribution in [0.2, 0.25) is 0 Å². The average molecular weight is 720 g/mol. The molecular formula is C19H22I2N4O6S2. The molecule has 0 spiro atoms. The fourth-order valence-electron chi connectivity index (χ4n) is 2.78. The zero-order chi connectivity index (χ0) is 25.1. The van der Waals surface area contributed by atoms with Gasteiger partial charge in [0.15, 0.2) is 0 Å². The molecule has 2 amide bonds. The minimum absolute atomic E-state index is 0.0503. The van der Waals surface area contributed by atoms with Crippen LogP contribution in [0.25, 0.3) is 0 Å². The molecule has 2 aromatic carbocycles. The van der Waals surface area contributed by atoms with Crippen molar-refractivity contribution in [2.75, 3.05) is 36.2 Å². The highest BCUT2D eigenvalue weighted by atomic mass is 127. The van der Waals surface area contributed by atoms with Crippen molar-refractivity contribution in [1.29, 1.82) is 0 Å². The first-order valence-electron chi connectivity index (χ1n) is 9.23. The van der Waals surface area contributed by atoms with Crippen molar-refractivity contribution >= 4 is 88.4 Å². The van der Waals surface area contributed by atoms with Gasteiger partial charge >= 0.3 is 0 Å². The van der Waals surface area contributed by atoms with E-state index in [9.17, 15) is 26.4 Å². The van der Waals surface area contributed by atoms with Crippen molar-refractivity contribution in [3.63, 3.8) is 0 Å². The van der Waals surface area contributed by atoms with Crippen LogP contribution in [0.4, 0.5) is 11.4 Å². The van der Waals surface area contributed by atoms with E-state index in [4.69, 9.17) is 5.73 Å². The third kappa shape index (κ3) is 7.96. The van der Waals surface area contributed by atoms with E-state index < -0.39 is 31.9 Å². The number of nitrogen functional groups attached to an aromatic ring is 1. The SMILES string of the molecule is Cc1cc(N(C)CCS(=O)(=O)NC(=O)c2cc(I)ccc2N)c(I)cc1C(=O)NS(C)(=O)=O. The second-order valence-electron chi connectivity index (χ2n) is 7.23. The zero-order valence-electron chi connectivity index (χ0n) is 17.8. The summed E-state index contributed by atoms with van der Waals surface area (Å²) in [7, 11) is -6.00. The smallest absolute Gasteiger partial charge is 0.266 e. The Morgan fingerprint density at radius 1 is 1.00 bits per heavy atom. The summed E-state index contributed by atoms with van der Waals surface area (Å²) in [5.41, 5.74) is 7.38. The Bertz CT molecular complexity index is 1310. The van der Waals surface area contributed by atoms with Gasteiger partial charge in [-0.1, -0.05) is 0 Å². The number of amides is 2. The van der Waals surface area contributed by atoms with E-state index in [0.717, 1.165) is 9.83 Å². The third-order valence-corrected chi connectivity index (χ3v) is 7.74. The lowest BCUT2D eigenvalue weighted by molar-refractivity contribution is 0.0972. The van der Waals surface area contributed by atoms with Crippen LogP contribution in [0, 0.1) is 14.1 Å². The number of nitrogens with one attached hydrogen (secondary N) is 2. The van der Waals surface area contributed by atoms with E-state index in [2.05, 4.69) is 0 Å². The monoisotopic (exact) mass is 720 g/mol. The molecular weight excluding hydrogens is 698 g/mol. The lowest BCUT2D eigenvalue weighted by atomic mass is 10.1. The molecule has 2 aromatic rings. The molecule has 180 valence electrons. The highest BCUT2D eigenvalue weighted by Crippen LogP contribution is 2.26. The molecule has 0 heterocycles. The second kappa shape index (κ2) is 10.7. The molecule has 0 saturated heterocycles. The highest BCUT2D eigenvalue weighted by molar-refractivity contribution is 14.1. The predicted molar refractivity (Wildman–Crippen MR) is 144 cm³/mol. The predicted octanol–water partition coefficient (Wildman–Crippen LogP) is 1.67. The van der Waals surface area contributed by atoms with Gasteiger partial charge in [0, 0.05) is 32.0 Å². The quantitative estimate of drug-likeness (QED) is 0.275. The summed E-state index contributed by atoms with van der Waals surface area (Å²) in [6, 6.07) is 7.92. The lowest BCUT2D eigenvalue weighted by Crippen LogP contribution is -2.37. The van der Waals surface area contributed by atoms with Gasteiger partial charge in [0.05, 0.1) is 23.3 Å². The number of halogens is 2. The molecule has 0 atom stereocenters. The minimum atomic E-state index is -3.96. The van der Waals surface area contributed by atoms with Crippen LogP contribution in [0.15, 0.2) is 30.3 Å². The molecule has 0 aliphatic heterocycles. The summed E-state index contributed by atoms with van der Waals surface area (Å²) in [4.78, 5) is 26.2. The molecule has 0 radical (unpaired) electrons. The van der Waals surface area contributed by atoms with E-state index in [1.165, 1.54) is 18.2 Å². The molecule has 14 heteroatoms. The van der Waals surface area contributed by atoms with Gasteiger partial charge in [-0.05, 0) is 88.0 Å². The molecule has 0 bridgehead atoms. The Kier molecular flexibility index (Phi) is 8.97. The summed E-state index contributed by atoms with van der Waals surface area (Å²) in [6.45, 7) is 1.70. The number of carbonyl (C=O) groups excluding carboxylic acids is 2. The number of carbonyl (C=O) groups is 2. The number of aryl methyl sites for hydroxylation is 1. The lowest BCUT2D eigenvalue weighted by Gasteiger charge is -2.22. The van der Waals surface area contributed by atoms with E-state index in [1.807, 2.05) is 54.6 Å². The van der Waals surface area contributed by atoms with E-state index in [0.29, 0.717) is 14.8 Å². The van der Waals surface area contributed by atoms with Gasteiger partial charge in [-0.25, -0.2) is 26.3 Å². The number of rotatable bonds is 8. The van der Waals surface area contributed by atoms with Crippen LogP contribution in [-0.2, 0) is 20.0 Å². The molecule has 4 N–H and O–H groups in total. The van der Waals surface area contributed by atoms with Crippen LogP contribution in [0.3, 0.4) is 0 Å². The summed E-state index contributed by atoms with van der Waals surface area (Å²) in [6.07, 6.45) is 0.888. The number of nitrogens with two attached hydrogens (primary N) is 1. The average Bonchev–Trinajstić information content (AvgIpc) is 2.67. The summed E-state index contributed by atoms with van der Waals surface area (Å²) in [5.74, 6) is -1.92. The Morgan fingerprint density at radius 2 is 1.61 bits per heavy atom. The van der Waals surface area contributed by atoms with Crippen LogP contribution >= 0.6 is 45.2 Å². The Hall–Kier alpha value is -1.66. The third-order valence-electron chi connectivity index (χ3n) is 4.43. The fraction of sp³-hybridized carbons (Fsp3) is 0.263. The van der Waals surface area contributed by atoms with Gasteiger partial charge in [0.2, 0.25) is 20.0 Å². The fourth-order valence-corrected chi connectivity index (χ4v) is 5.60. The number of anilines is 2. The number of hydrogen-bond donors (Lipinski definition) is 3. The normalized spacial score (nSPS) is 11.7. The highest BCUT2D eigenvalue weighted by Gasteiger charge is 2.21. The number of benzene rings is 2. The maximum Gasteiger partial charge on any atom is 0.266 e. The Morgan fingerprint density at radius 3 is 2.21 bits per heavy atom. The van der Waals surface area contributed by atoms with Gasteiger partial charge in [-0.2, -0.15) is 0 Å². The second-order valence-corrected chi connectivity index (χ2v) is 13.2. The van der Waals surface area contributed by atoms with Gasteiger partial charge in [0.1, 0.15) is 0 Å². The van der Waals surface area contributed by atoms with Gasteiger partial charge < -0.3 is 10.6 Å². The summed E-state index contributed by atoms with van der Waals surface area (Å²) >= 11 is 3.97. The van der Waals surface area contributed by atoms with Crippen LogP contribution in [-0.4, -0.2) is 54.3 Å². The van der Waals surface area contributed by atoms with Crippen LogP contribution in [0.1, 0.15) is 26.3 Å². The molecule has 0 unspecified atom stereocenters. The van der Waals surface area contributed by atoms with Gasteiger partial charge in [-0.15, -0.1) is 0 Å². The molecule has 10 nitrogen and oxygen atoms in total. The van der Waals surface area contributed by atoms with Crippen molar-refractivity contribution in [1.82, 2.24) is 9.44 Å². The van der Waals surface area contributed by atoms with Crippen molar-refractivity contribution in [3.05, 3.63) is 54.2 Å². The van der Waals surface area contributed by atoms with Crippen LogP contribution in [0.5, 0.6) is 0 Å². The van der Waals surface area contributed by atoms with E-state index in [1.54, 1.807) is 31.0 Å².